The molecule has 3 N–H and O–H groups in total. The van der Waals surface area contributed by atoms with Gasteiger partial charge < -0.3 is 4.74 Å². The molecule has 0 radical (unpaired) electrons. The van der Waals surface area contributed by atoms with E-state index in [-0.39, 0.29) is 0 Å². The predicted octanol–water partition coefficient (Wildman–Crippen LogP) is 0.0392. The summed E-state index contributed by atoms with van der Waals surface area (Å²) in [6.45, 7) is 3.27. The number of amides is 1. The SMILES string of the molecule is COC(=O)NS(=O)(=O)Nc1c(C)n[nH]c1C. The second-order valence-electron chi connectivity index (χ2n) is 3.01. The fourth-order valence-electron chi connectivity index (χ4n) is 1.01. The molecular formula is C7H12N4O4S. The van der Waals surface area contributed by atoms with Gasteiger partial charge >= 0.3 is 16.3 Å². The standard InChI is InChI=1S/C7H12N4O4S/c1-4-6(5(2)9-8-4)10-16(13,14)11-7(12)15-3/h10H,1-3H3,(H,8,9)(H,11,12). The van der Waals surface area contributed by atoms with Crippen molar-refractivity contribution in [2.45, 2.75) is 13.8 Å². The number of nitrogens with one attached hydrogen (secondary N) is 3. The van der Waals surface area contributed by atoms with Gasteiger partial charge in [0.05, 0.1) is 24.2 Å². The third-order valence-corrected chi connectivity index (χ3v) is 2.68. The molecule has 0 aliphatic heterocycles. The molecule has 0 unspecified atom stereocenters. The first-order valence-corrected chi connectivity index (χ1v) is 5.74. The van der Waals surface area contributed by atoms with Crippen molar-refractivity contribution in [2.24, 2.45) is 0 Å². The van der Waals surface area contributed by atoms with Crippen molar-refractivity contribution in [1.82, 2.24) is 14.9 Å². The number of rotatable bonds is 3. The number of nitrogens with zero attached hydrogens (tertiary/aromatic N) is 1. The second-order valence-corrected chi connectivity index (χ2v) is 4.42. The summed E-state index contributed by atoms with van der Waals surface area (Å²) in [5, 5.41) is 6.41. The Kier molecular flexibility index (Phi) is 3.38. The Bertz CT molecular complexity index is 473. The van der Waals surface area contributed by atoms with E-state index in [1.807, 2.05) is 0 Å². The molecule has 0 atom stereocenters. The zero-order valence-electron chi connectivity index (χ0n) is 8.99. The number of ether oxygens (including phenoxy) is 1. The molecule has 0 spiro atoms. The lowest BCUT2D eigenvalue weighted by Crippen LogP contribution is -2.35. The number of hydrogen-bond donors (Lipinski definition) is 3. The van der Waals surface area contributed by atoms with Gasteiger partial charge in [-0.2, -0.15) is 13.5 Å². The Morgan fingerprint density at radius 1 is 1.44 bits per heavy atom. The van der Waals surface area contributed by atoms with Crippen molar-refractivity contribution in [3.8, 4) is 0 Å². The molecule has 0 fully saturated rings. The van der Waals surface area contributed by atoms with E-state index < -0.39 is 16.3 Å². The predicted molar refractivity (Wildman–Crippen MR) is 56.1 cm³/mol. The summed E-state index contributed by atoms with van der Waals surface area (Å²) in [5.41, 5.74) is 1.33. The monoisotopic (exact) mass is 248 g/mol. The molecule has 0 aliphatic carbocycles. The first-order chi connectivity index (χ1) is 7.35. The Labute approximate surface area is 92.6 Å². The fourth-order valence-corrected chi connectivity index (χ4v) is 1.94. The zero-order chi connectivity index (χ0) is 12.3. The average Bonchev–Trinajstić information content (AvgIpc) is 2.48. The first kappa shape index (κ1) is 12.3. The maximum Gasteiger partial charge on any atom is 0.422 e. The van der Waals surface area contributed by atoms with Gasteiger partial charge in [-0.05, 0) is 13.8 Å². The minimum Gasteiger partial charge on any atom is -0.452 e. The van der Waals surface area contributed by atoms with Crippen LogP contribution in [-0.2, 0) is 14.9 Å². The number of aryl methyl sites for hydroxylation is 2. The number of anilines is 1. The zero-order valence-corrected chi connectivity index (χ0v) is 9.80. The maximum absolute atomic E-state index is 11.4. The number of hydrogen-bond acceptors (Lipinski definition) is 5. The molecule has 0 saturated heterocycles. The molecule has 90 valence electrons. The lowest BCUT2D eigenvalue weighted by atomic mass is 10.3. The molecular weight excluding hydrogens is 236 g/mol. The van der Waals surface area contributed by atoms with Crippen LogP contribution in [0.4, 0.5) is 10.5 Å². The summed E-state index contributed by atoms with van der Waals surface area (Å²) >= 11 is 0. The van der Waals surface area contributed by atoms with Crippen LogP contribution >= 0.6 is 0 Å². The largest absolute Gasteiger partial charge is 0.452 e. The summed E-state index contributed by atoms with van der Waals surface area (Å²) in [7, 11) is -2.93. The molecule has 1 heterocycles. The third-order valence-electron chi connectivity index (χ3n) is 1.77. The van der Waals surface area contributed by atoms with Gasteiger partial charge in [0.15, 0.2) is 0 Å². The molecule has 0 aliphatic rings. The second kappa shape index (κ2) is 4.39. The van der Waals surface area contributed by atoms with Crippen molar-refractivity contribution < 1.29 is 17.9 Å². The van der Waals surface area contributed by atoms with E-state index in [4.69, 9.17) is 0 Å². The van der Waals surface area contributed by atoms with Crippen molar-refractivity contribution in [3.05, 3.63) is 11.4 Å². The van der Waals surface area contributed by atoms with Crippen molar-refractivity contribution in [2.75, 3.05) is 11.8 Å². The van der Waals surface area contributed by atoms with Crippen LogP contribution in [0.3, 0.4) is 0 Å². The van der Waals surface area contributed by atoms with Gasteiger partial charge in [0.1, 0.15) is 0 Å². The van der Waals surface area contributed by atoms with Crippen molar-refractivity contribution in [3.63, 3.8) is 0 Å². The number of H-pyrrole nitrogens is 1. The Hall–Kier alpha value is -1.77. The summed E-state index contributed by atoms with van der Waals surface area (Å²) in [6, 6.07) is 0. The Morgan fingerprint density at radius 2 is 2.06 bits per heavy atom. The lowest BCUT2D eigenvalue weighted by molar-refractivity contribution is 0.177. The maximum atomic E-state index is 11.4. The first-order valence-electron chi connectivity index (χ1n) is 4.26. The number of aromatic nitrogens is 2. The third kappa shape index (κ3) is 2.86. The molecule has 8 nitrogen and oxygen atoms in total. The van der Waals surface area contributed by atoms with Crippen LogP contribution in [0.25, 0.3) is 0 Å². The number of methoxy groups -OCH3 is 1. The summed E-state index contributed by atoms with van der Waals surface area (Å²) < 4.78 is 30.8. The van der Waals surface area contributed by atoms with Crippen LogP contribution in [0, 0.1) is 13.8 Å². The van der Waals surface area contributed by atoms with Gasteiger partial charge in [-0.3, -0.25) is 9.82 Å². The van der Waals surface area contributed by atoms with Crippen LogP contribution in [0.2, 0.25) is 0 Å². The molecule has 16 heavy (non-hydrogen) atoms. The van der Waals surface area contributed by atoms with Gasteiger partial charge in [-0.15, -0.1) is 0 Å². The summed E-state index contributed by atoms with van der Waals surface area (Å²) in [5.74, 6) is 0. The van der Waals surface area contributed by atoms with E-state index in [1.165, 1.54) is 0 Å². The van der Waals surface area contributed by atoms with E-state index in [0.29, 0.717) is 17.1 Å². The number of aromatic amines is 1. The normalized spacial score (nSPS) is 10.9. The molecule has 1 aromatic rings. The van der Waals surface area contributed by atoms with Crippen LogP contribution < -0.4 is 9.44 Å². The highest BCUT2D eigenvalue weighted by atomic mass is 32.2. The molecule has 0 bridgehead atoms. The molecule has 1 rings (SSSR count). The number of carbonyl (C=O) groups excluding carboxylic acids is 1. The van der Waals surface area contributed by atoms with Gasteiger partial charge in [0.25, 0.3) is 0 Å². The number of carbonyl (C=O) groups is 1. The van der Waals surface area contributed by atoms with E-state index in [9.17, 15) is 13.2 Å². The van der Waals surface area contributed by atoms with Crippen LogP contribution in [0.15, 0.2) is 0 Å². The fraction of sp³-hybridized carbons (Fsp3) is 0.429. The highest BCUT2D eigenvalue weighted by Crippen LogP contribution is 2.16. The molecule has 1 amide bonds. The van der Waals surface area contributed by atoms with Gasteiger partial charge in [-0.25, -0.2) is 9.52 Å². The molecule has 0 saturated carbocycles. The molecule has 9 heteroatoms. The highest BCUT2D eigenvalue weighted by Gasteiger charge is 2.17. The van der Waals surface area contributed by atoms with E-state index >= 15 is 0 Å². The topological polar surface area (TPSA) is 113 Å². The minimum absolute atomic E-state index is 0.302. The Morgan fingerprint density at radius 3 is 2.50 bits per heavy atom. The van der Waals surface area contributed by atoms with E-state index in [0.717, 1.165) is 7.11 Å². The molecule has 1 aromatic heterocycles. The van der Waals surface area contributed by atoms with E-state index in [1.54, 1.807) is 18.6 Å². The smallest absolute Gasteiger partial charge is 0.422 e. The quantitative estimate of drug-likeness (QED) is 0.699. The lowest BCUT2D eigenvalue weighted by Gasteiger charge is -2.08. The highest BCUT2D eigenvalue weighted by molar-refractivity contribution is 7.91. The van der Waals surface area contributed by atoms with Gasteiger partial charge in [0, 0.05) is 0 Å². The van der Waals surface area contributed by atoms with Crippen LogP contribution in [0.5, 0.6) is 0 Å². The minimum atomic E-state index is -4.00. The van der Waals surface area contributed by atoms with Crippen LogP contribution in [-0.4, -0.2) is 31.8 Å². The molecule has 0 aromatic carbocycles. The summed E-state index contributed by atoms with van der Waals surface area (Å²) in [4.78, 5) is 10.7. The Balaban J connectivity index is 2.85. The van der Waals surface area contributed by atoms with Crippen molar-refractivity contribution in [1.29, 1.82) is 0 Å². The van der Waals surface area contributed by atoms with E-state index in [2.05, 4.69) is 19.7 Å². The van der Waals surface area contributed by atoms with Crippen LogP contribution in [0.1, 0.15) is 11.4 Å². The van der Waals surface area contributed by atoms with Gasteiger partial charge in [0.2, 0.25) is 0 Å². The van der Waals surface area contributed by atoms with Gasteiger partial charge in [-0.1, -0.05) is 0 Å². The average molecular weight is 248 g/mol. The summed E-state index contributed by atoms with van der Waals surface area (Å²) in [6.07, 6.45) is -1.06. The van der Waals surface area contributed by atoms with Crippen molar-refractivity contribution >= 4 is 22.0 Å².